The molecule has 0 bridgehead atoms. The van der Waals surface area contributed by atoms with Crippen molar-refractivity contribution in [3.05, 3.63) is 0 Å². The Balaban J connectivity index is 3.54. The van der Waals surface area contributed by atoms with E-state index in [4.69, 9.17) is 11.5 Å². The fourth-order valence-electron chi connectivity index (χ4n) is 0.654. The topological polar surface area (TPSA) is 69.1 Å². The number of carbonyl (C=O) groups excluding carboxylic acids is 1. The molecular weight excluding hydrogens is 172 g/mol. The van der Waals surface area contributed by atoms with E-state index in [2.05, 4.69) is 6.92 Å². The number of rotatable bonds is 6. The number of carbonyl (C=O) groups is 1. The van der Waals surface area contributed by atoms with Crippen LogP contribution in [0.3, 0.4) is 0 Å². The molecule has 0 saturated carbocycles. The van der Waals surface area contributed by atoms with E-state index in [1.807, 2.05) is 11.8 Å². The minimum absolute atomic E-state index is 0.417. The van der Waals surface area contributed by atoms with Crippen molar-refractivity contribution in [1.82, 2.24) is 0 Å². The number of amides is 1. The Bertz CT molecular complexity index is 148. The van der Waals surface area contributed by atoms with E-state index in [0.29, 0.717) is 6.42 Å². The summed E-state index contributed by atoms with van der Waals surface area (Å²) in [5.41, 5.74) is 9.93. The number of nitrogens with two attached hydrogens (primary N) is 2. The second-order valence-electron chi connectivity index (χ2n) is 3.14. The highest BCUT2D eigenvalue weighted by Crippen LogP contribution is 2.11. The van der Waals surface area contributed by atoms with Crippen molar-refractivity contribution in [1.29, 1.82) is 0 Å². The fourth-order valence-corrected chi connectivity index (χ4v) is 1.71. The van der Waals surface area contributed by atoms with Crippen molar-refractivity contribution >= 4 is 17.7 Å². The van der Waals surface area contributed by atoms with Crippen LogP contribution in [0.4, 0.5) is 0 Å². The summed E-state index contributed by atoms with van der Waals surface area (Å²) < 4.78 is 0. The van der Waals surface area contributed by atoms with Crippen LogP contribution in [-0.2, 0) is 4.79 Å². The first kappa shape index (κ1) is 11.8. The van der Waals surface area contributed by atoms with Gasteiger partial charge in [0.15, 0.2) is 0 Å². The van der Waals surface area contributed by atoms with Gasteiger partial charge in [0.25, 0.3) is 0 Å². The van der Waals surface area contributed by atoms with Crippen LogP contribution in [-0.4, -0.2) is 23.0 Å². The molecule has 0 heterocycles. The van der Waals surface area contributed by atoms with Gasteiger partial charge in [-0.1, -0.05) is 6.92 Å². The Hall–Kier alpha value is -0.220. The lowest BCUT2D eigenvalue weighted by atomic mass is 10.0. The van der Waals surface area contributed by atoms with E-state index in [1.54, 1.807) is 6.92 Å². The van der Waals surface area contributed by atoms with Gasteiger partial charge in [-0.3, -0.25) is 4.79 Å². The Morgan fingerprint density at radius 3 is 2.50 bits per heavy atom. The average Bonchev–Trinajstić information content (AvgIpc) is 1.98. The summed E-state index contributed by atoms with van der Waals surface area (Å²) in [6.45, 7) is 3.81. The maximum atomic E-state index is 10.8. The number of thioether (sulfide) groups is 1. The highest BCUT2D eigenvalue weighted by Gasteiger charge is 2.24. The molecule has 3 nitrogen and oxygen atoms in total. The third kappa shape index (κ3) is 4.62. The second kappa shape index (κ2) is 5.43. The zero-order chi connectivity index (χ0) is 9.61. The maximum Gasteiger partial charge on any atom is 0.237 e. The van der Waals surface area contributed by atoms with Crippen LogP contribution in [0.5, 0.6) is 0 Å². The van der Waals surface area contributed by atoms with Crippen molar-refractivity contribution < 1.29 is 4.79 Å². The standard InChI is InChI=1S/C8H18N2OS/c1-3-5-12-6-4-8(2,10)7(9)11/h3-6,10H2,1-2H3,(H2,9,11). The zero-order valence-corrected chi connectivity index (χ0v) is 8.62. The highest BCUT2D eigenvalue weighted by atomic mass is 32.2. The predicted molar refractivity (Wildman–Crippen MR) is 54.0 cm³/mol. The molecule has 72 valence electrons. The third-order valence-electron chi connectivity index (χ3n) is 1.68. The van der Waals surface area contributed by atoms with Gasteiger partial charge in [0.1, 0.15) is 0 Å². The number of hydrogen-bond acceptors (Lipinski definition) is 3. The van der Waals surface area contributed by atoms with Crippen molar-refractivity contribution in [2.75, 3.05) is 11.5 Å². The van der Waals surface area contributed by atoms with E-state index in [9.17, 15) is 4.79 Å². The maximum absolute atomic E-state index is 10.8. The van der Waals surface area contributed by atoms with Crippen LogP contribution in [0, 0.1) is 0 Å². The normalized spacial score (nSPS) is 15.6. The van der Waals surface area contributed by atoms with Gasteiger partial charge < -0.3 is 11.5 Å². The molecule has 0 rings (SSSR count). The van der Waals surface area contributed by atoms with Gasteiger partial charge >= 0.3 is 0 Å². The molecule has 0 saturated heterocycles. The third-order valence-corrected chi connectivity index (χ3v) is 2.87. The zero-order valence-electron chi connectivity index (χ0n) is 7.80. The minimum Gasteiger partial charge on any atom is -0.368 e. The van der Waals surface area contributed by atoms with Crippen molar-refractivity contribution in [2.45, 2.75) is 32.2 Å². The lowest BCUT2D eigenvalue weighted by Gasteiger charge is -2.19. The van der Waals surface area contributed by atoms with Gasteiger partial charge in [0, 0.05) is 0 Å². The summed E-state index contributed by atoms with van der Waals surface area (Å²) in [6, 6.07) is 0. The van der Waals surface area contributed by atoms with Gasteiger partial charge in [0.05, 0.1) is 5.54 Å². The van der Waals surface area contributed by atoms with Gasteiger partial charge in [0.2, 0.25) is 5.91 Å². The molecule has 1 amide bonds. The summed E-state index contributed by atoms with van der Waals surface area (Å²) in [7, 11) is 0. The first-order valence-electron chi connectivity index (χ1n) is 4.17. The molecule has 4 N–H and O–H groups in total. The van der Waals surface area contributed by atoms with Crippen LogP contribution < -0.4 is 11.5 Å². The van der Waals surface area contributed by atoms with E-state index >= 15 is 0 Å². The molecule has 0 aliphatic rings. The van der Waals surface area contributed by atoms with Gasteiger partial charge in [-0.2, -0.15) is 11.8 Å². The summed E-state index contributed by atoms with van der Waals surface area (Å²) >= 11 is 1.81. The number of primary amides is 1. The summed E-state index contributed by atoms with van der Waals surface area (Å²) in [5, 5.41) is 0. The van der Waals surface area contributed by atoms with E-state index in [0.717, 1.165) is 17.9 Å². The van der Waals surface area contributed by atoms with E-state index in [-0.39, 0.29) is 0 Å². The average molecular weight is 190 g/mol. The molecule has 0 aliphatic heterocycles. The first-order chi connectivity index (χ1) is 5.50. The molecule has 0 aromatic heterocycles. The van der Waals surface area contributed by atoms with Crippen LogP contribution in [0.25, 0.3) is 0 Å². The molecule has 4 heteroatoms. The Morgan fingerprint density at radius 2 is 2.08 bits per heavy atom. The van der Waals surface area contributed by atoms with Crippen LogP contribution in [0.2, 0.25) is 0 Å². The smallest absolute Gasteiger partial charge is 0.237 e. The first-order valence-corrected chi connectivity index (χ1v) is 5.32. The Labute approximate surface area is 78.3 Å². The summed E-state index contributed by atoms with van der Waals surface area (Å²) in [5.74, 6) is 1.61. The predicted octanol–water partition coefficient (Wildman–Crippen LogP) is 0.722. The van der Waals surface area contributed by atoms with Gasteiger partial charge in [-0.05, 0) is 31.3 Å². The van der Waals surface area contributed by atoms with Crippen molar-refractivity contribution in [3.63, 3.8) is 0 Å². The highest BCUT2D eigenvalue weighted by molar-refractivity contribution is 7.99. The molecule has 1 unspecified atom stereocenters. The Kier molecular flexibility index (Phi) is 5.33. The lowest BCUT2D eigenvalue weighted by molar-refractivity contribution is -0.122. The van der Waals surface area contributed by atoms with E-state index in [1.165, 1.54) is 0 Å². The molecule has 0 fully saturated rings. The van der Waals surface area contributed by atoms with Crippen LogP contribution in [0.15, 0.2) is 0 Å². The molecule has 12 heavy (non-hydrogen) atoms. The number of hydrogen-bond donors (Lipinski definition) is 2. The largest absolute Gasteiger partial charge is 0.368 e. The molecule has 0 aliphatic carbocycles. The van der Waals surface area contributed by atoms with Crippen molar-refractivity contribution in [3.8, 4) is 0 Å². The SMILES string of the molecule is CCCSCCC(C)(N)C(N)=O. The van der Waals surface area contributed by atoms with Crippen LogP contribution in [0.1, 0.15) is 26.7 Å². The van der Waals surface area contributed by atoms with Crippen molar-refractivity contribution in [2.24, 2.45) is 11.5 Å². The van der Waals surface area contributed by atoms with E-state index < -0.39 is 11.4 Å². The second-order valence-corrected chi connectivity index (χ2v) is 4.37. The van der Waals surface area contributed by atoms with Gasteiger partial charge in [-0.15, -0.1) is 0 Å². The minimum atomic E-state index is -0.833. The summed E-state index contributed by atoms with van der Waals surface area (Å²) in [6.07, 6.45) is 1.82. The Morgan fingerprint density at radius 1 is 1.50 bits per heavy atom. The fraction of sp³-hybridized carbons (Fsp3) is 0.875. The monoisotopic (exact) mass is 190 g/mol. The molecule has 0 spiro atoms. The molecule has 0 radical (unpaired) electrons. The van der Waals surface area contributed by atoms with Crippen LogP contribution >= 0.6 is 11.8 Å². The quantitative estimate of drug-likeness (QED) is 0.606. The van der Waals surface area contributed by atoms with Gasteiger partial charge in [-0.25, -0.2) is 0 Å². The molecule has 0 aromatic carbocycles. The molecular formula is C8H18N2OS. The molecule has 0 aromatic rings. The molecule has 1 atom stereocenters. The lowest BCUT2D eigenvalue weighted by Crippen LogP contribution is -2.49. The summed E-state index contributed by atoms with van der Waals surface area (Å²) in [4.78, 5) is 10.8.